The van der Waals surface area contributed by atoms with E-state index in [1.54, 1.807) is 25.3 Å². The summed E-state index contributed by atoms with van der Waals surface area (Å²) >= 11 is 0. The maximum Gasteiger partial charge on any atom is 0.200 e. The molecule has 1 saturated heterocycles. The highest BCUT2D eigenvalue weighted by molar-refractivity contribution is 5.82. The van der Waals surface area contributed by atoms with Crippen LogP contribution in [0.3, 0.4) is 0 Å². The molecule has 6 nitrogen and oxygen atoms in total. The van der Waals surface area contributed by atoms with Crippen LogP contribution in [0.1, 0.15) is 47.5 Å². The quantitative estimate of drug-likeness (QED) is 0.344. The number of benzene rings is 2. The largest absolute Gasteiger partial charge is 0.497 e. The second-order valence-electron chi connectivity index (χ2n) is 9.98. The van der Waals surface area contributed by atoms with Gasteiger partial charge in [-0.25, -0.2) is 0 Å². The molecule has 0 saturated carbocycles. The molecule has 0 aliphatic carbocycles. The van der Waals surface area contributed by atoms with Crippen LogP contribution in [0.4, 0.5) is 0 Å². The van der Waals surface area contributed by atoms with Crippen molar-refractivity contribution in [1.29, 1.82) is 0 Å². The maximum atomic E-state index is 13.0. The van der Waals surface area contributed by atoms with Gasteiger partial charge in [-0.3, -0.25) is 4.79 Å². The summed E-state index contributed by atoms with van der Waals surface area (Å²) in [5.74, 6) is 0.839. The first kappa shape index (κ1) is 25.0. The summed E-state index contributed by atoms with van der Waals surface area (Å²) in [5.41, 5.74) is 2.63. The second-order valence-corrected chi connectivity index (χ2v) is 9.98. The van der Waals surface area contributed by atoms with Crippen LogP contribution < -0.4 is 14.9 Å². The molecule has 0 radical (unpaired) electrons. The van der Waals surface area contributed by atoms with E-state index >= 15 is 0 Å². The van der Waals surface area contributed by atoms with Crippen molar-refractivity contribution in [2.24, 2.45) is 0 Å². The fraction of sp³-hybridized carbons (Fsp3) is 0.414. The van der Waals surface area contributed by atoms with Crippen molar-refractivity contribution in [3.63, 3.8) is 0 Å². The van der Waals surface area contributed by atoms with Gasteiger partial charge in [0.15, 0.2) is 11.2 Å². The molecule has 2 aromatic carbocycles. The first-order valence-corrected chi connectivity index (χ1v) is 11.9. The summed E-state index contributed by atoms with van der Waals surface area (Å²) in [7, 11) is 1.61. The third kappa shape index (κ3) is 5.77. The minimum atomic E-state index is -0.546. The Morgan fingerprint density at radius 2 is 1.77 bits per heavy atom. The van der Waals surface area contributed by atoms with E-state index in [0.29, 0.717) is 28.9 Å². The van der Waals surface area contributed by atoms with Gasteiger partial charge in [0.2, 0.25) is 0 Å². The first-order chi connectivity index (χ1) is 16.6. The van der Waals surface area contributed by atoms with E-state index in [-0.39, 0.29) is 17.1 Å². The molecule has 0 N–H and O–H groups in total. The average Bonchev–Trinajstić information content (AvgIpc) is 3.04. The van der Waals surface area contributed by atoms with Crippen LogP contribution in [-0.2, 0) is 9.47 Å². The Balaban J connectivity index is 1.38. The first-order valence-electron chi connectivity index (χ1n) is 11.9. The molecule has 4 rings (SSSR count). The average molecular weight is 479 g/mol. The number of ether oxygens (including phenoxy) is 4. The number of rotatable bonds is 8. The zero-order chi connectivity index (χ0) is 25.2. The van der Waals surface area contributed by atoms with E-state index in [1.807, 2.05) is 38.1 Å². The van der Waals surface area contributed by atoms with Gasteiger partial charge in [-0.1, -0.05) is 17.7 Å². The summed E-state index contributed by atoms with van der Waals surface area (Å²) < 4.78 is 28.9. The Labute approximate surface area is 206 Å². The van der Waals surface area contributed by atoms with Gasteiger partial charge in [0.25, 0.3) is 0 Å². The van der Waals surface area contributed by atoms with Crippen molar-refractivity contribution in [2.75, 3.05) is 13.7 Å². The van der Waals surface area contributed by atoms with Gasteiger partial charge in [0, 0.05) is 6.07 Å². The van der Waals surface area contributed by atoms with Gasteiger partial charge in [-0.15, -0.1) is 0 Å². The molecule has 0 amide bonds. The van der Waals surface area contributed by atoms with E-state index in [1.165, 1.54) is 11.8 Å². The number of hydrogen-bond acceptors (Lipinski definition) is 6. The van der Waals surface area contributed by atoms with Gasteiger partial charge in [0.05, 0.1) is 29.8 Å². The van der Waals surface area contributed by atoms with E-state index < -0.39 is 5.79 Å². The molecule has 1 aliphatic heterocycles. The highest BCUT2D eigenvalue weighted by Gasteiger charge is 2.46. The van der Waals surface area contributed by atoms with Crippen LogP contribution in [0.5, 0.6) is 11.5 Å². The SMILES string of the molecule is COc1ccc(-c2coc3cc(OC/C=C(\C)CC[C@@H]4OC(C)(C)OC4(C)C)ccc3c2=O)cc1. The van der Waals surface area contributed by atoms with Crippen LogP contribution in [0.15, 0.2) is 69.6 Å². The molecule has 6 heteroatoms. The number of hydrogen-bond donors (Lipinski definition) is 0. The van der Waals surface area contributed by atoms with Crippen LogP contribution in [-0.4, -0.2) is 31.2 Å². The molecule has 1 aromatic heterocycles. The monoisotopic (exact) mass is 478 g/mol. The minimum absolute atomic E-state index is 0.0490. The van der Waals surface area contributed by atoms with Gasteiger partial charge in [0.1, 0.15) is 30.0 Å². The normalized spacial score (nSPS) is 19.1. The highest BCUT2D eigenvalue weighted by atomic mass is 16.8. The Kier molecular flexibility index (Phi) is 7.06. The summed E-state index contributed by atoms with van der Waals surface area (Å²) in [4.78, 5) is 13.0. The van der Waals surface area contributed by atoms with Crippen LogP contribution in [0, 0.1) is 0 Å². The van der Waals surface area contributed by atoms with Gasteiger partial charge in [-0.2, -0.15) is 0 Å². The smallest absolute Gasteiger partial charge is 0.200 e. The van der Waals surface area contributed by atoms with Gasteiger partial charge < -0.3 is 23.4 Å². The third-order valence-electron chi connectivity index (χ3n) is 6.34. The molecule has 0 bridgehead atoms. The van der Waals surface area contributed by atoms with Gasteiger partial charge in [-0.05, 0) is 83.4 Å². The van der Waals surface area contributed by atoms with E-state index in [9.17, 15) is 4.79 Å². The summed E-state index contributed by atoms with van der Waals surface area (Å²) in [6, 6.07) is 12.6. The Hall–Kier alpha value is -3.09. The van der Waals surface area contributed by atoms with Crippen molar-refractivity contribution in [3.05, 3.63) is 70.6 Å². The lowest BCUT2D eigenvalue weighted by atomic mass is 9.96. The lowest BCUT2D eigenvalue weighted by molar-refractivity contribution is -0.157. The third-order valence-corrected chi connectivity index (χ3v) is 6.34. The predicted octanol–water partition coefficient (Wildman–Crippen LogP) is 6.50. The maximum absolute atomic E-state index is 13.0. The Bertz CT molecular complexity index is 1270. The zero-order valence-corrected chi connectivity index (χ0v) is 21.3. The molecule has 1 fully saturated rings. The molecule has 1 atom stereocenters. The van der Waals surface area contributed by atoms with Crippen LogP contribution in [0.25, 0.3) is 22.1 Å². The number of fused-ring (bicyclic) bond motifs is 1. The lowest BCUT2D eigenvalue weighted by Crippen LogP contribution is -2.33. The summed E-state index contributed by atoms with van der Waals surface area (Å²) in [6.07, 6.45) is 5.40. The summed E-state index contributed by atoms with van der Waals surface area (Å²) in [5, 5.41) is 0.515. The Morgan fingerprint density at radius 3 is 2.43 bits per heavy atom. The van der Waals surface area contributed by atoms with Crippen LogP contribution >= 0.6 is 0 Å². The lowest BCUT2D eigenvalue weighted by Gasteiger charge is -2.24. The molecule has 3 aromatic rings. The van der Waals surface area contributed by atoms with Crippen molar-refractivity contribution in [2.45, 2.75) is 65.0 Å². The topological polar surface area (TPSA) is 67.1 Å². The molecule has 186 valence electrons. The number of methoxy groups -OCH3 is 1. The van der Waals surface area contributed by atoms with Crippen LogP contribution in [0.2, 0.25) is 0 Å². The molecular weight excluding hydrogens is 444 g/mol. The zero-order valence-electron chi connectivity index (χ0n) is 21.3. The van der Waals surface area contributed by atoms with Crippen molar-refractivity contribution < 1.29 is 23.4 Å². The molecular formula is C29H34O6. The molecule has 1 aliphatic rings. The Morgan fingerprint density at radius 1 is 1.06 bits per heavy atom. The molecule has 2 heterocycles. The summed E-state index contributed by atoms with van der Waals surface area (Å²) in [6.45, 7) is 10.6. The van der Waals surface area contributed by atoms with Crippen molar-refractivity contribution in [1.82, 2.24) is 0 Å². The standard InChI is InChI=1S/C29H34O6/c1-19(7-14-26-28(2,3)35-29(4,5)34-26)15-16-32-22-12-13-23-25(17-22)33-18-24(27(23)30)20-8-10-21(31-6)11-9-20/h8-13,15,17-18,26H,7,14,16H2,1-6H3/b19-15+/t26-/m0/s1. The second kappa shape index (κ2) is 9.88. The predicted molar refractivity (Wildman–Crippen MR) is 137 cm³/mol. The molecule has 0 unspecified atom stereocenters. The highest BCUT2D eigenvalue weighted by Crippen LogP contribution is 2.38. The van der Waals surface area contributed by atoms with E-state index in [0.717, 1.165) is 24.2 Å². The van der Waals surface area contributed by atoms with Crippen molar-refractivity contribution >= 4 is 11.0 Å². The minimum Gasteiger partial charge on any atom is -0.497 e. The van der Waals surface area contributed by atoms with E-state index in [2.05, 4.69) is 26.8 Å². The van der Waals surface area contributed by atoms with Gasteiger partial charge >= 0.3 is 0 Å². The fourth-order valence-corrected chi connectivity index (χ4v) is 4.52. The molecule has 35 heavy (non-hydrogen) atoms. The molecule has 0 spiro atoms. The fourth-order valence-electron chi connectivity index (χ4n) is 4.52. The number of allylic oxidation sites excluding steroid dienone is 1. The van der Waals surface area contributed by atoms with E-state index in [4.69, 9.17) is 23.4 Å². The van der Waals surface area contributed by atoms with Crippen molar-refractivity contribution in [3.8, 4) is 22.6 Å².